The zero-order valence-electron chi connectivity index (χ0n) is 9.37. The molecule has 0 spiro atoms. The van der Waals surface area contributed by atoms with Gasteiger partial charge in [-0.05, 0) is 24.6 Å². The summed E-state index contributed by atoms with van der Waals surface area (Å²) in [4.78, 5) is 0. The normalized spacial score (nSPS) is 12.6. The second-order valence-electron chi connectivity index (χ2n) is 3.81. The third-order valence-electron chi connectivity index (χ3n) is 2.58. The second kappa shape index (κ2) is 4.94. The molecular formula is C13H16N2O. The highest BCUT2D eigenvalue weighted by molar-refractivity contribution is 5.32. The first kappa shape index (κ1) is 10.9. The maximum atomic E-state index is 9.99. The Morgan fingerprint density at radius 2 is 2.00 bits per heavy atom. The van der Waals surface area contributed by atoms with Gasteiger partial charge in [-0.3, -0.25) is 0 Å². The van der Waals surface area contributed by atoms with Gasteiger partial charge in [-0.15, -0.1) is 0 Å². The number of benzene rings is 1. The number of para-hydroxylation sites is 1. The molecule has 0 radical (unpaired) electrons. The van der Waals surface area contributed by atoms with Gasteiger partial charge in [0.25, 0.3) is 0 Å². The van der Waals surface area contributed by atoms with Gasteiger partial charge in [-0.25, -0.2) is 4.68 Å². The minimum absolute atomic E-state index is 0.437. The Hall–Kier alpha value is -1.61. The summed E-state index contributed by atoms with van der Waals surface area (Å²) in [6.07, 6.45) is 3.01. The smallest absolute Gasteiger partial charge is 0.0961 e. The quantitative estimate of drug-likeness (QED) is 0.853. The highest BCUT2D eigenvalue weighted by Crippen LogP contribution is 2.20. The van der Waals surface area contributed by atoms with E-state index in [9.17, 15) is 5.11 Å². The first-order valence-corrected chi connectivity index (χ1v) is 5.60. The van der Waals surface area contributed by atoms with Gasteiger partial charge in [-0.2, -0.15) is 5.10 Å². The van der Waals surface area contributed by atoms with Crippen LogP contribution in [0.15, 0.2) is 42.6 Å². The van der Waals surface area contributed by atoms with Crippen molar-refractivity contribution in [3.8, 4) is 5.69 Å². The molecule has 2 rings (SSSR count). The van der Waals surface area contributed by atoms with Crippen LogP contribution in [0.25, 0.3) is 5.69 Å². The second-order valence-corrected chi connectivity index (χ2v) is 3.81. The highest BCUT2D eigenvalue weighted by Gasteiger charge is 2.12. The molecule has 0 aliphatic rings. The van der Waals surface area contributed by atoms with E-state index in [-0.39, 0.29) is 0 Å². The van der Waals surface area contributed by atoms with Crippen LogP contribution in [0.2, 0.25) is 0 Å². The summed E-state index contributed by atoms with van der Waals surface area (Å²) in [5.41, 5.74) is 1.84. The molecule has 3 nitrogen and oxygen atoms in total. The number of hydrogen-bond acceptors (Lipinski definition) is 2. The van der Waals surface area contributed by atoms with Gasteiger partial charge in [0.2, 0.25) is 0 Å². The van der Waals surface area contributed by atoms with Crippen LogP contribution in [0.4, 0.5) is 0 Å². The summed E-state index contributed by atoms with van der Waals surface area (Å²) in [7, 11) is 0. The van der Waals surface area contributed by atoms with Crippen molar-refractivity contribution in [3.05, 3.63) is 48.3 Å². The lowest BCUT2D eigenvalue weighted by atomic mass is 10.1. The molecule has 1 aromatic carbocycles. The fourth-order valence-electron chi connectivity index (χ4n) is 1.77. The summed E-state index contributed by atoms with van der Waals surface area (Å²) < 4.78 is 1.79. The number of aliphatic hydroxyl groups excluding tert-OH is 1. The van der Waals surface area contributed by atoms with Crippen LogP contribution >= 0.6 is 0 Å². The largest absolute Gasteiger partial charge is 0.387 e. The predicted molar refractivity (Wildman–Crippen MR) is 63.4 cm³/mol. The summed E-state index contributed by atoms with van der Waals surface area (Å²) >= 11 is 0. The minimum Gasteiger partial charge on any atom is -0.387 e. The van der Waals surface area contributed by atoms with Gasteiger partial charge >= 0.3 is 0 Å². The molecule has 2 aromatic rings. The Bertz CT molecular complexity index is 436. The van der Waals surface area contributed by atoms with E-state index >= 15 is 0 Å². The van der Waals surface area contributed by atoms with E-state index in [4.69, 9.17) is 0 Å². The van der Waals surface area contributed by atoms with E-state index < -0.39 is 6.10 Å². The number of aliphatic hydroxyl groups is 1. The summed E-state index contributed by atoms with van der Waals surface area (Å²) in [6, 6.07) is 11.7. The molecular weight excluding hydrogens is 200 g/mol. The van der Waals surface area contributed by atoms with Crippen molar-refractivity contribution < 1.29 is 5.11 Å². The monoisotopic (exact) mass is 216 g/mol. The maximum Gasteiger partial charge on any atom is 0.0961 e. The van der Waals surface area contributed by atoms with Crippen LogP contribution in [-0.4, -0.2) is 14.9 Å². The van der Waals surface area contributed by atoms with Gasteiger partial charge in [0.05, 0.1) is 17.5 Å². The van der Waals surface area contributed by atoms with Crippen LogP contribution in [0.5, 0.6) is 0 Å². The molecule has 1 aromatic heterocycles. The predicted octanol–water partition coefficient (Wildman–Crippen LogP) is 2.71. The van der Waals surface area contributed by atoms with Crippen LogP contribution < -0.4 is 0 Å². The fraction of sp³-hybridized carbons (Fsp3) is 0.308. The number of hydrogen-bond donors (Lipinski definition) is 1. The molecule has 3 heteroatoms. The van der Waals surface area contributed by atoms with Crippen LogP contribution in [0.1, 0.15) is 31.6 Å². The van der Waals surface area contributed by atoms with E-state index in [1.165, 1.54) is 0 Å². The zero-order valence-corrected chi connectivity index (χ0v) is 9.37. The molecule has 0 saturated carbocycles. The molecule has 0 saturated heterocycles. The highest BCUT2D eigenvalue weighted by atomic mass is 16.3. The molecule has 1 atom stereocenters. The van der Waals surface area contributed by atoms with E-state index in [0.29, 0.717) is 0 Å². The molecule has 16 heavy (non-hydrogen) atoms. The van der Waals surface area contributed by atoms with Crippen molar-refractivity contribution in [2.75, 3.05) is 0 Å². The fourth-order valence-corrected chi connectivity index (χ4v) is 1.77. The van der Waals surface area contributed by atoms with Crippen molar-refractivity contribution in [1.29, 1.82) is 0 Å². The zero-order chi connectivity index (χ0) is 11.4. The lowest BCUT2D eigenvalue weighted by molar-refractivity contribution is 0.159. The molecule has 84 valence electrons. The average Bonchev–Trinajstić information content (AvgIpc) is 2.79. The van der Waals surface area contributed by atoms with Gasteiger partial charge in [0.1, 0.15) is 0 Å². The third-order valence-corrected chi connectivity index (χ3v) is 2.58. The Morgan fingerprint density at radius 3 is 2.69 bits per heavy atom. The topological polar surface area (TPSA) is 38.1 Å². The first-order chi connectivity index (χ1) is 7.83. The molecule has 1 N–H and O–H groups in total. The lowest BCUT2D eigenvalue weighted by Gasteiger charge is -2.12. The Labute approximate surface area is 95.3 Å². The molecule has 1 heterocycles. The van der Waals surface area contributed by atoms with E-state index in [1.807, 2.05) is 36.4 Å². The lowest BCUT2D eigenvalue weighted by Crippen LogP contribution is -2.07. The Morgan fingerprint density at radius 1 is 1.25 bits per heavy atom. The summed E-state index contributed by atoms with van der Waals surface area (Å²) in [5.74, 6) is 0. The van der Waals surface area contributed by atoms with Crippen molar-refractivity contribution in [2.24, 2.45) is 0 Å². The number of nitrogens with zero attached hydrogens (tertiary/aromatic N) is 2. The molecule has 0 aliphatic heterocycles. The van der Waals surface area contributed by atoms with E-state index in [0.717, 1.165) is 24.2 Å². The summed E-state index contributed by atoms with van der Waals surface area (Å²) in [6.45, 7) is 2.06. The Kier molecular flexibility index (Phi) is 3.37. The first-order valence-electron chi connectivity index (χ1n) is 5.60. The molecule has 0 bridgehead atoms. The standard InChI is InChI=1S/C13H16N2O/c1-2-6-13(16)12-9-10-14-15(12)11-7-4-3-5-8-11/h3-5,7-10,13,16H,2,6H2,1H3. The molecule has 1 unspecified atom stereocenters. The van der Waals surface area contributed by atoms with Crippen LogP contribution in [0, 0.1) is 0 Å². The number of rotatable bonds is 4. The number of aromatic nitrogens is 2. The Balaban J connectivity index is 2.33. The van der Waals surface area contributed by atoms with Crippen molar-refractivity contribution in [2.45, 2.75) is 25.9 Å². The van der Waals surface area contributed by atoms with Gasteiger partial charge < -0.3 is 5.11 Å². The van der Waals surface area contributed by atoms with Crippen molar-refractivity contribution >= 4 is 0 Å². The third kappa shape index (κ3) is 2.14. The average molecular weight is 216 g/mol. The minimum atomic E-state index is -0.437. The van der Waals surface area contributed by atoms with E-state index in [1.54, 1.807) is 10.9 Å². The van der Waals surface area contributed by atoms with E-state index in [2.05, 4.69) is 12.0 Å². The van der Waals surface area contributed by atoms with Crippen molar-refractivity contribution in [3.63, 3.8) is 0 Å². The molecule has 0 aliphatic carbocycles. The van der Waals surface area contributed by atoms with Gasteiger partial charge in [0, 0.05) is 6.20 Å². The van der Waals surface area contributed by atoms with Crippen LogP contribution in [-0.2, 0) is 0 Å². The maximum absolute atomic E-state index is 9.99. The SMILES string of the molecule is CCCC(O)c1ccnn1-c1ccccc1. The van der Waals surface area contributed by atoms with Gasteiger partial charge in [-0.1, -0.05) is 31.5 Å². The van der Waals surface area contributed by atoms with Crippen LogP contribution in [0.3, 0.4) is 0 Å². The van der Waals surface area contributed by atoms with Gasteiger partial charge in [0.15, 0.2) is 0 Å². The van der Waals surface area contributed by atoms with Crippen molar-refractivity contribution in [1.82, 2.24) is 9.78 Å². The summed E-state index contributed by atoms with van der Waals surface area (Å²) in [5, 5.41) is 14.2. The molecule has 0 amide bonds. The molecule has 0 fully saturated rings.